The van der Waals surface area contributed by atoms with Gasteiger partial charge in [-0.25, -0.2) is 0 Å². The van der Waals surface area contributed by atoms with Crippen molar-refractivity contribution in [3.05, 3.63) is 71.8 Å². The molecule has 0 spiro atoms. The topological polar surface area (TPSA) is 26.3 Å². The zero-order valence-electron chi connectivity index (χ0n) is 11.9. The molecule has 1 atom stereocenters. The lowest BCUT2D eigenvalue weighted by Gasteiger charge is -2.18. The standard InChI is InChI=1S/C19H18O2/c20-18(21-16-11-12-16)17-13-19(17,14-7-3-1-4-8-14)15-9-5-2-6-10-15/h1-10,16-17H,11-13H2. The lowest BCUT2D eigenvalue weighted by Crippen LogP contribution is -2.19. The predicted octanol–water partition coefficient (Wildman–Crippen LogP) is 3.70. The van der Waals surface area contributed by atoms with E-state index in [0.717, 1.165) is 19.3 Å². The van der Waals surface area contributed by atoms with Gasteiger partial charge in [0.15, 0.2) is 0 Å². The molecule has 21 heavy (non-hydrogen) atoms. The van der Waals surface area contributed by atoms with Gasteiger partial charge in [-0.15, -0.1) is 0 Å². The van der Waals surface area contributed by atoms with Crippen molar-refractivity contribution < 1.29 is 9.53 Å². The van der Waals surface area contributed by atoms with Crippen molar-refractivity contribution in [2.75, 3.05) is 0 Å². The summed E-state index contributed by atoms with van der Waals surface area (Å²) in [4.78, 5) is 12.4. The molecule has 2 nitrogen and oxygen atoms in total. The Balaban J connectivity index is 1.70. The highest BCUT2D eigenvalue weighted by Gasteiger charge is 2.61. The molecule has 106 valence electrons. The minimum atomic E-state index is -0.186. The molecular formula is C19H18O2. The lowest BCUT2D eigenvalue weighted by molar-refractivity contribution is -0.146. The third kappa shape index (κ3) is 2.15. The molecule has 2 aromatic rings. The molecule has 2 aliphatic rings. The van der Waals surface area contributed by atoms with Gasteiger partial charge >= 0.3 is 5.97 Å². The Labute approximate surface area is 124 Å². The molecule has 2 saturated carbocycles. The summed E-state index contributed by atoms with van der Waals surface area (Å²) >= 11 is 0. The molecule has 0 amide bonds. The maximum atomic E-state index is 12.4. The van der Waals surface area contributed by atoms with Gasteiger partial charge in [-0.05, 0) is 30.4 Å². The van der Waals surface area contributed by atoms with E-state index in [1.165, 1.54) is 11.1 Å². The zero-order valence-corrected chi connectivity index (χ0v) is 11.9. The van der Waals surface area contributed by atoms with Crippen molar-refractivity contribution in [2.24, 2.45) is 5.92 Å². The van der Waals surface area contributed by atoms with Crippen LogP contribution in [0, 0.1) is 5.92 Å². The minimum absolute atomic E-state index is 0.0230. The number of rotatable bonds is 4. The van der Waals surface area contributed by atoms with Gasteiger partial charge in [-0.1, -0.05) is 60.7 Å². The normalized spacial score (nSPS) is 22.6. The lowest BCUT2D eigenvalue weighted by atomic mass is 9.86. The number of ether oxygens (including phenoxy) is 1. The Kier molecular flexibility index (Phi) is 2.85. The van der Waals surface area contributed by atoms with Crippen LogP contribution >= 0.6 is 0 Å². The number of benzene rings is 2. The summed E-state index contributed by atoms with van der Waals surface area (Å²) in [5, 5.41) is 0. The van der Waals surface area contributed by atoms with Crippen molar-refractivity contribution in [1.29, 1.82) is 0 Å². The largest absolute Gasteiger partial charge is 0.462 e. The van der Waals surface area contributed by atoms with Crippen LogP contribution < -0.4 is 0 Å². The summed E-state index contributed by atoms with van der Waals surface area (Å²) in [6.45, 7) is 0. The second-order valence-corrected chi connectivity index (χ2v) is 6.10. The number of carbonyl (C=O) groups excluding carboxylic acids is 1. The third-order valence-electron chi connectivity index (χ3n) is 4.63. The second kappa shape index (κ2) is 4.73. The summed E-state index contributed by atoms with van der Waals surface area (Å²) in [6.07, 6.45) is 3.10. The first kappa shape index (κ1) is 12.6. The second-order valence-electron chi connectivity index (χ2n) is 6.10. The van der Waals surface area contributed by atoms with E-state index >= 15 is 0 Å². The highest BCUT2D eigenvalue weighted by molar-refractivity contribution is 5.81. The number of hydrogen-bond donors (Lipinski definition) is 0. The molecular weight excluding hydrogens is 260 g/mol. The molecule has 4 rings (SSSR count). The van der Waals surface area contributed by atoms with Crippen LogP contribution in [0.4, 0.5) is 0 Å². The van der Waals surface area contributed by atoms with E-state index in [9.17, 15) is 4.79 Å². The molecule has 0 heterocycles. The Morgan fingerprint density at radius 1 is 0.905 bits per heavy atom. The van der Waals surface area contributed by atoms with Crippen LogP contribution in [-0.2, 0) is 14.9 Å². The smallest absolute Gasteiger partial charge is 0.310 e. The van der Waals surface area contributed by atoms with Crippen LogP contribution in [0.2, 0.25) is 0 Å². The van der Waals surface area contributed by atoms with Crippen molar-refractivity contribution in [3.8, 4) is 0 Å². The quantitative estimate of drug-likeness (QED) is 0.797. The molecule has 2 heteroatoms. The molecule has 0 aromatic heterocycles. The molecule has 2 aromatic carbocycles. The maximum Gasteiger partial charge on any atom is 0.310 e. The fraction of sp³-hybridized carbons (Fsp3) is 0.316. The Hall–Kier alpha value is -2.09. The highest BCUT2D eigenvalue weighted by Crippen LogP contribution is 2.59. The molecule has 0 bridgehead atoms. The summed E-state index contributed by atoms with van der Waals surface area (Å²) in [5.74, 6) is -0.0619. The minimum Gasteiger partial charge on any atom is -0.462 e. The van der Waals surface area contributed by atoms with Crippen molar-refractivity contribution in [1.82, 2.24) is 0 Å². The van der Waals surface area contributed by atoms with Gasteiger partial charge in [-0.3, -0.25) is 4.79 Å². The number of hydrogen-bond acceptors (Lipinski definition) is 2. The maximum absolute atomic E-state index is 12.4. The van der Waals surface area contributed by atoms with Crippen molar-refractivity contribution in [3.63, 3.8) is 0 Å². The Bertz CT molecular complexity index is 604. The monoisotopic (exact) mass is 278 g/mol. The van der Waals surface area contributed by atoms with Crippen LogP contribution in [0.15, 0.2) is 60.7 Å². The number of esters is 1. The van der Waals surface area contributed by atoms with E-state index in [1.807, 2.05) is 36.4 Å². The first-order valence-corrected chi connectivity index (χ1v) is 7.62. The van der Waals surface area contributed by atoms with E-state index in [2.05, 4.69) is 24.3 Å². The van der Waals surface area contributed by atoms with Gasteiger partial charge in [0.05, 0.1) is 5.92 Å². The van der Waals surface area contributed by atoms with Crippen LogP contribution in [-0.4, -0.2) is 12.1 Å². The first-order valence-electron chi connectivity index (χ1n) is 7.62. The Morgan fingerprint density at radius 3 is 1.90 bits per heavy atom. The molecule has 0 aliphatic heterocycles. The van der Waals surface area contributed by atoms with E-state index in [1.54, 1.807) is 0 Å². The molecule has 0 saturated heterocycles. The van der Waals surface area contributed by atoms with Gasteiger partial charge in [0.2, 0.25) is 0 Å². The van der Waals surface area contributed by atoms with Crippen LogP contribution in [0.3, 0.4) is 0 Å². The summed E-state index contributed by atoms with van der Waals surface area (Å²) in [7, 11) is 0. The average Bonchev–Trinajstić information content (AvgIpc) is 3.44. The van der Waals surface area contributed by atoms with Gasteiger partial charge in [0.1, 0.15) is 6.10 Å². The van der Waals surface area contributed by atoms with Crippen molar-refractivity contribution >= 4 is 5.97 Å². The van der Waals surface area contributed by atoms with Gasteiger partial charge in [-0.2, -0.15) is 0 Å². The van der Waals surface area contributed by atoms with Gasteiger partial charge in [0, 0.05) is 5.41 Å². The summed E-state index contributed by atoms with van der Waals surface area (Å²) in [6, 6.07) is 20.7. The van der Waals surface area contributed by atoms with Gasteiger partial charge < -0.3 is 4.74 Å². The fourth-order valence-electron chi connectivity index (χ4n) is 3.26. The zero-order chi connectivity index (χ0) is 14.3. The van der Waals surface area contributed by atoms with E-state index in [4.69, 9.17) is 4.74 Å². The van der Waals surface area contributed by atoms with E-state index in [-0.39, 0.29) is 23.4 Å². The summed E-state index contributed by atoms with van der Waals surface area (Å²) in [5.41, 5.74) is 2.25. The molecule has 0 N–H and O–H groups in total. The average molecular weight is 278 g/mol. The predicted molar refractivity (Wildman–Crippen MR) is 80.9 cm³/mol. The van der Waals surface area contributed by atoms with Crippen LogP contribution in [0.5, 0.6) is 0 Å². The fourth-order valence-corrected chi connectivity index (χ4v) is 3.26. The van der Waals surface area contributed by atoms with Crippen molar-refractivity contribution in [2.45, 2.75) is 30.8 Å². The molecule has 0 radical (unpaired) electrons. The highest BCUT2D eigenvalue weighted by atomic mass is 16.5. The van der Waals surface area contributed by atoms with Crippen LogP contribution in [0.25, 0.3) is 0 Å². The van der Waals surface area contributed by atoms with Crippen LogP contribution in [0.1, 0.15) is 30.4 Å². The van der Waals surface area contributed by atoms with E-state index < -0.39 is 0 Å². The Morgan fingerprint density at radius 2 is 1.43 bits per heavy atom. The molecule has 1 unspecified atom stereocenters. The first-order chi connectivity index (χ1) is 10.3. The van der Waals surface area contributed by atoms with E-state index in [0.29, 0.717) is 0 Å². The third-order valence-corrected chi connectivity index (χ3v) is 4.63. The van der Waals surface area contributed by atoms with Gasteiger partial charge in [0.25, 0.3) is 0 Å². The molecule has 2 fully saturated rings. The SMILES string of the molecule is O=C(OC1CC1)C1CC1(c1ccccc1)c1ccccc1. The molecule has 2 aliphatic carbocycles. The summed E-state index contributed by atoms with van der Waals surface area (Å²) < 4.78 is 5.54. The number of carbonyl (C=O) groups is 1.